The molecule has 1 unspecified atom stereocenters. The summed E-state index contributed by atoms with van der Waals surface area (Å²) in [5.41, 5.74) is 0. The summed E-state index contributed by atoms with van der Waals surface area (Å²) >= 11 is 0. The van der Waals surface area contributed by atoms with Crippen molar-refractivity contribution in [1.82, 2.24) is 5.32 Å². The van der Waals surface area contributed by atoms with Crippen molar-refractivity contribution in [2.24, 2.45) is 4.99 Å². The van der Waals surface area contributed by atoms with Crippen LogP contribution in [0.1, 0.15) is 13.8 Å². The van der Waals surface area contributed by atoms with Gasteiger partial charge in [-0.25, -0.2) is 0 Å². The fourth-order valence-corrected chi connectivity index (χ4v) is 0.595. The summed E-state index contributed by atoms with van der Waals surface area (Å²) in [6.07, 6.45) is 0. The van der Waals surface area contributed by atoms with Gasteiger partial charge < -0.3 is 5.32 Å². The fraction of sp³-hybridized carbons (Fsp3) is 0.500. The van der Waals surface area contributed by atoms with E-state index in [0.29, 0.717) is 0 Å². The zero-order chi connectivity index (χ0) is 5.98. The van der Waals surface area contributed by atoms with Crippen molar-refractivity contribution in [1.29, 1.82) is 0 Å². The highest BCUT2D eigenvalue weighted by Gasteiger charge is 1.98. The Morgan fingerprint density at radius 3 is 2.88 bits per heavy atom. The summed E-state index contributed by atoms with van der Waals surface area (Å²) < 4.78 is 0. The van der Waals surface area contributed by atoms with Gasteiger partial charge in [-0.1, -0.05) is 5.92 Å². The van der Waals surface area contributed by atoms with Crippen LogP contribution in [0.3, 0.4) is 0 Å². The lowest BCUT2D eigenvalue weighted by Gasteiger charge is -2.08. The van der Waals surface area contributed by atoms with Gasteiger partial charge in [0.15, 0.2) is 0 Å². The van der Waals surface area contributed by atoms with Crippen LogP contribution in [0.25, 0.3) is 0 Å². The Labute approximate surface area is 49.0 Å². The van der Waals surface area contributed by atoms with Gasteiger partial charge in [0.2, 0.25) is 0 Å². The highest BCUT2D eigenvalue weighted by atomic mass is 15.0. The normalized spacial score (nSPS) is 24.8. The molecular formula is C6H8N2. The number of aliphatic imine (C=N–C) groups is 1. The Morgan fingerprint density at radius 2 is 2.50 bits per heavy atom. The zero-order valence-electron chi connectivity index (χ0n) is 5.02. The van der Waals surface area contributed by atoms with Gasteiger partial charge in [-0.3, -0.25) is 0 Å². The molecule has 0 spiro atoms. The maximum absolute atomic E-state index is 3.82. The van der Waals surface area contributed by atoms with Crippen LogP contribution in [-0.4, -0.2) is 11.9 Å². The fourth-order valence-electron chi connectivity index (χ4n) is 0.595. The lowest BCUT2D eigenvalue weighted by atomic mass is 10.3. The first-order valence-electron chi connectivity index (χ1n) is 2.60. The van der Waals surface area contributed by atoms with Crippen molar-refractivity contribution in [2.75, 3.05) is 0 Å². The van der Waals surface area contributed by atoms with Crippen LogP contribution in [0.4, 0.5) is 0 Å². The molecule has 0 saturated carbocycles. The summed E-state index contributed by atoms with van der Waals surface area (Å²) in [6.45, 7) is 3.91. The van der Waals surface area contributed by atoms with E-state index in [-0.39, 0.29) is 6.04 Å². The van der Waals surface area contributed by atoms with Crippen molar-refractivity contribution in [2.45, 2.75) is 19.9 Å². The molecule has 0 saturated heterocycles. The number of amidine groups is 1. The van der Waals surface area contributed by atoms with Crippen molar-refractivity contribution in [3.8, 4) is 12.0 Å². The third-order valence-corrected chi connectivity index (χ3v) is 0.930. The molecule has 2 heteroatoms. The average molecular weight is 108 g/mol. The molecule has 1 heterocycles. The molecule has 2 nitrogen and oxygen atoms in total. The van der Waals surface area contributed by atoms with Crippen LogP contribution in [0.2, 0.25) is 0 Å². The minimum absolute atomic E-state index is 0.271. The number of hydrogen-bond donors (Lipinski definition) is 1. The third-order valence-electron chi connectivity index (χ3n) is 0.930. The number of hydrogen-bond acceptors (Lipinski definition) is 2. The highest BCUT2D eigenvalue weighted by Crippen LogP contribution is 1.84. The van der Waals surface area contributed by atoms with E-state index in [2.05, 4.69) is 22.3 Å². The van der Waals surface area contributed by atoms with E-state index < -0.39 is 0 Å². The van der Waals surface area contributed by atoms with Crippen LogP contribution in [-0.2, 0) is 0 Å². The molecule has 1 aliphatic heterocycles. The standard InChI is InChI=1S/C6H8N2/c1-5-3-4-7-6(2)8-5/h5H,1-2H3,(H,7,8). The van der Waals surface area contributed by atoms with Crippen molar-refractivity contribution in [3.63, 3.8) is 0 Å². The molecule has 0 aromatic rings. The Hall–Kier alpha value is -0.970. The van der Waals surface area contributed by atoms with Crippen LogP contribution < -0.4 is 5.32 Å². The summed E-state index contributed by atoms with van der Waals surface area (Å²) in [7, 11) is 0. The molecule has 0 radical (unpaired) electrons. The van der Waals surface area contributed by atoms with E-state index >= 15 is 0 Å². The van der Waals surface area contributed by atoms with Gasteiger partial charge in [0.1, 0.15) is 5.84 Å². The van der Waals surface area contributed by atoms with Crippen LogP contribution in [0.15, 0.2) is 4.99 Å². The second-order valence-electron chi connectivity index (χ2n) is 1.82. The molecule has 0 fully saturated rings. The molecule has 1 atom stereocenters. The molecule has 42 valence electrons. The Balaban J connectivity index is 2.68. The number of rotatable bonds is 0. The van der Waals surface area contributed by atoms with Gasteiger partial charge in [-0.2, -0.15) is 4.99 Å². The molecular weight excluding hydrogens is 100 g/mol. The molecule has 1 rings (SSSR count). The van der Waals surface area contributed by atoms with Gasteiger partial charge in [-0.05, 0) is 13.8 Å². The predicted octanol–water partition coefficient (Wildman–Crippen LogP) is 0.357. The van der Waals surface area contributed by atoms with Gasteiger partial charge in [-0.15, -0.1) is 0 Å². The van der Waals surface area contributed by atoms with Crippen molar-refractivity contribution >= 4 is 5.84 Å². The molecule has 0 aliphatic carbocycles. The predicted molar refractivity (Wildman–Crippen MR) is 33.5 cm³/mol. The summed E-state index contributed by atoms with van der Waals surface area (Å²) in [5, 5.41) is 3.06. The van der Waals surface area contributed by atoms with Crippen molar-refractivity contribution in [3.05, 3.63) is 0 Å². The van der Waals surface area contributed by atoms with Crippen molar-refractivity contribution < 1.29 is 0 Å². The minimum atomic E-state index is 0.271. The molecule has 0 aromatic carbocycles. The van der Waals surface area contributed by atoms with E-state index in [1.165, 1.54) is 0 Å². The molecule has 0 amide bonds. The maximum Gasteiger partial charge on any atom is 0.110 e. The van der Waals surface area contributed by atoms with Crippen LogP contribution in [0.5, 0.6) is 0 Å². The first-order valence-corrected chi connectivity index (χ1v) is 2.60. The zero-order valence-corrected chi connectivity index (χ0v) is 5.02. The lowest BCUT2D eigenvalue weighted by molar-refractivity contribution is 0.818. The third kappa shape index (κ3) is 1.00. The molecule has 0 aromatic heterocycles. The summed E-state index contributed by atoms with van der Waals surface area (Å²) in [6, 6.07) is 2.93. The molecule has 1 aliphatic rings. The topological polar surface area (TPSA) is 24.4 Å². The minimum Gasteiger partial charge on any atom is -0.360 e. The average Bonchev–Trinajstić information content (AvgIpc) is 1.64. The SMILES string of the molecule is CC1=NC#CC(C)N1. The van der Waals surface area contributed by atoms with E-state index in [0.717, 1.165) is 5.84 Å². The van der Waals surface area contributed by atoms with E-state index in [4.69, 9.17) is 0 Å². The first kappa shape index (κ1) is 5.17. The monoisotopic (exact) mass is 108 g/mol. The maximum atomic E-state index is 3.82. The smallest absolute Gasteiger partial charge is 0.110 e. The largest absolute Gasteiger partial charge is 0.360 e. The van der Waals surface area contributed by atoms with E-state index in [1.807, 2.05) is 13.8 Å². The van der Waals surface area contributed by atoms with Gasteiger partial charge in [0, 0.05) is 6.04 Å². The van der Waals surface area contributed by atoms with E-state index in [1.54, 1.807) is 0 Å². The van der Waals surface area contributed by atoms with E-state index in [9.17, 15) is 0 Å². The Bertz CT molecular complexity index is 171. The quantitative estimate of drug-likeness (QED) is 0.445. The lowest BCUT2D eigenvalue weighted by Crippen LogP contribution is -2.30. The van der Waals surface area contributed by atoms with Gasteiger partial charge in [0.05, 0.1) is 6.04 Å². The summed E-state index contributed by atoms with van der Waals surface area (Å²) in [4.78, 5) is 3.82. The van der Waals surface area contributed by atoms with Gasteiger partial charge >= 0.3 is 0 Å². The highest BCUT2D eigenvalue weighted by molar-refractivity contribution is 5.82. The summed E-state index contributed by atoms with van der Waals surface area (Å²) in [5.74, 6) is 3.78. The first-order chi connectivity index (χ1) is 3.79. The molecule has 8 heavy (non-hydrogen) atoms. The van der Waals surface area contributed by atoms with Crippen LogP contribution >= 0.6 is 0 Å². The second-order valence-corrected chi connectivity index (χ2v) is 1.82. The molecule has 0 bridgehead atoms. The number of nitrogens with zero attached hydrogens (tertiary/aromatic N) is 1. The molecule has 1 N–H and O–H groups in total. The number of nitrogens with one attached hydrogen (secondary N) is 1. The Morgan fingerprint density at radius 1 is 1.75 bits per heavy atom. The van der Waals surface area contributed by atoms with Crippen LogP contribution in [0, 0.1) is 12.0 Å². The Kier molecular flexibility index (Phi) is 1.21. The van der Waals surface area contributed by atoms with Gasteiger partial charge in [0.25, 0.3) is 0 Å². The second kappa shape index (κ2) is 1.87.